The minimum atomic E-state index is -0.880. The lowest BCUT2D eigenvalue weighted by Gasteiger charge is -2.20. The summed E-state index contributed by atoms with van der Waals surface area (Å²) in [6, 6.07) is 14.6. The van der Waals surface area contributed by atoms with Crippen molar-refractivity contribution < 1.29 is 10.2 Å². The number of aliphatic hydroxyl groups is 2. The number of anilines is 2. The van der Waals surface area contributed by atoms with Gasteiger partial charge in [-0.3, -0.25) is 4.98 Å². The Morgan fingerprint density at radius 2 is 2.03 bits per heavy atom. The molecule has 5 heteroatoms. The maximum atomic E-state index is 10.6. The van der Waals surface area contributed by atoms with Gasteiger partial charge >= 0.3 is 0 Å². The molecule has 1 aliphatic carbocycles. The van der Waals surface area contributed by atoms with E-state index in [0.29, 0.717) is 6.42 Å². The van der Waals surface area contributed by atoms with Crippen LogP contribution in [-0.2, 0) is 24.0 Å². The predicted octanol–water partition coefficient (Wildman–Crippen LogP) is 6.18. The molecule has 0 radical (unpaired) electrons. The first-order chi connectivity index (χ1) is 16.6. The normalized spacial score (nSPS) is 17.5. The Hall–Kier alpha value is -3.28. The summed E-state index contributed by atoms with van der Waals surface area (Å²) >= 11 is 0. The van der Waals surface area contributed by atoms with Gasteiger partial charge in [-0.2, -0.15) is 18.1 Å². The van der Waals surface area contributed by atoms with Gasteiger partial charge in [-0.15, -0.1) is 5.56 Å². The minimum Gasteiger partial charge on any atom is -0.386 e. The second-order valence-electron chi connectivity index (χ2n) is 10.5. The highest BCUT2D eigenvalue weighted by molar-refractivity contribution is 5.86. The first-order valence-corrected chi connectivity index (χ1v) is 12.4. The number of aromatic nitrogens is 2. The monoisotopic (exact) mass is 468 g/mol. The lowest BCUT2D eigenvalue weighted by molar-refractivity contribution is 0.0553. The maximum Gasteiger partial charge on any atom is 0.104 e. The standard InChI is InChI=1S/C30H34N3O2/c1-19-17-22(33-26-14-16-31-28-24(26)13-15-30(28,4)35)12-11-20(19)7-5-8-21-18-32-27-23(21)9-6-10-25(27)29(2,3)34/h6-7,9-12,14,16-18,32,34-35H,5,8,13,15H2,1-4H3,(H,31,33)/q-1. The first-order valence-electron chi connectivity index (χ1n) is 12.4. The van der Waals surface area contributed by atoms with Gasteiger partial charge in [-0.25, -0.2) is 0 Å². The van der Waals surface area contributed by atoms with Crippen LogP contribution in [0.3, 0.4) is 0 Å². The molecule has 0 saturated heterocycles. The fourth-order valence-corrected chi connectivity index (χ4v) is 5.26. The van der Waals surface area contributed by atoms with Crippen molar-refractivity contribution in [1.29, 1.82) is 0 Å². The Morgan fingerprint density at radius 3 is 2.80 bits per heavy atom. The average molecular weight is 469 g/mol. The average Bonchev–Trinajstić information content (AvgIpc) is 3.35. The zero-order chi connectivity index (χ0) is 24.8. The van der Waals surface area contributed by atoms with Crippen LogP contribution in [-0.4, -0.2) is 20.2 Å². The molecule has 0 amide bonds. The summed E-state index contributed by atoms with van der Waals surface area (Å²) in [5, 5.41) is 25.8. The molecule has 0 saturated carbocycles. The summed E-state index contributed by atoms with van der Waals surface area (Å²) in [5.74, 6) is 0. The number of benzene rings is 2. The van der Waals surface area contributed by atoms with E-state index in [1.807, 2.05) is 39.0 Å². The second kappa shape index (κ2) is 8.74. The van der Waals surface area contributed by atoms with Crippen LogP contribution in [0.25, 0.3) is 10.9 Å². The van der Waals surface area contributed by atoms with E-state index in [1.54, 1.807) is 6.20 Å². The van der Waals surface area contributed by atoms with Gasteiger partial charge in [0.25, 0.3) is 0 Å². The first kappa shape index (κ1) is 23.5. The highest BCUT2D eigenvalue weighted by Crippen LogP contribution is 2.39. The van der Waals surface area contributed by atoms with Gasteiger partial charge in [0.1, 0.15) is 5.60 Å². The van der Waals surface area contributed by atoms with Gasteiger partial charge in [0.15, 0.2) is 0 Å². The number of rotatable bonds is 7. The molecule has 0 fully saturated rings. The molecular weight excluding hydrogens is 434 g/mol. The summed E-state index contributed by atoms with van der Waals surface area (Å²) in [7, 11) is 0. The molecule has 2 aromatic heterocycles. The molecule has 0 bridgehead atoms. The summed E-state index contributed by atoms with van der Waals surface area (Å²) in [6.45, 7) is 7.62. The van der Waals surface area contributed by atoms with E-state index < -0.39 is 11.2 Å². The van der Waals surface area contributed by atoms with Crippen LogP contribution in [0, 0.1) is 13.3 Å². The van der Waals surface area contributed by atoms with Crippen molar-refractivity contribution in [3.05, 3.63) is 94.8 Å². The van der Waals surface area contributed by atoms with E-state index in [1.165, 1.54) is 22.1 Å². The number of hydrogen-bond acceptors (Lipinski definition) is 4. The van der Waals surface area contributed by atoms with Crippen LogP contribution >= 0.6 is 0 Å². The second-order valence-corrected chi connectivity index (χ2v) is 10.5. The van der Waals surface area contributed by atoms with Crippen molar-refractivity contribution in [1.82, 2.24) is 9.97 Å². The van der Waals surface area contributed by atoms with Crippen LogP contribution in [0.2, 0.25) is 0 Å². The number of H-pyrrole nitrogens is 1. The third-order valence-electron chi connectivity index (χ3n) is 7.21. The van der Waals surface area contributed by atoms with Crippen molar-refractivity contribution >= 4 is 22.3 Å². The van der Waals surface area contributed by atoms with Crippen molar-refractivity contribution in [2.45, 2.75) is 64.6 Å². The molecule has 5 nitrogen and oxygen atoms in total. The van der Waals surface area contributed by atoms with E-state index in [9.17, 15) is 10.2 Å². The van der Waals surface area contributed by atoms with Gasteiger partial charge in [-0.05, 0) is 51.7 Å². The third kappa shape index (κ3) is 4.54. The minimum absolute atomic E-state index is 0.705. The summed E-state index contributed by atoms with van der Waals surface area (Å²) in [6.07, 6.45) is 9.52. The number of fused-ring (bicyclic) bond motifs is 2. The zero-order valence-electron chi connectivity index (χ0n) is 20.9. The summed E-state index contributed by atoms with van der Waals surface area (Å²) in [4.78, 5) is 7.80. The van der Waals surface area contributed by atoms with Crippen LogP contribution in [0.1, 0.15) is 67.1 Å². The van der Waals surface area contributed by atoms with Gasteiger partial charge < -0.3 is 20.5 Å². The van der Waals surface area contributed by atoms with Crippen LogP contribution < -0.4 is 5.32 Å². The Kier molecular flexibility index (Phi) is 5.86. The van der Waals surface area contributed by atoms with Gasteiger partial charge in [0.2, 0.25) is 0 Å². The number of para-hydroxylation sites is 1. The van der Waals surface area contributed by atoms with E-state index in [-0.39, 0.29) is 0 Å². The molecule has 5 rings (SSSR count). The maximum absolute atomic E-state index is 10.6. The molecule has 2 aromatic carbocycles. The van der Waals surface area contributed by atoms with E-state index in [0.717, 1.165) is 53.0 Å². The van der Waals surface area contributed by atoms with E-state index in [4.69, 9.17) is 0 Å². The highest BCUT2D eigenvalue weighted by Gasteiger charge is 2.34. The highest BCUT2D eigenvalue weighted by atomic mass is 16.3. The molecule has 4 N–H and O–H groups in total. The number of aromatic amines is 1. The van der Waals surface area contributed by atoms with Crippen LogP contribution in [0.15, 0.2) is 54.9 Å². The Bertz CT molecular complexity index is 1380. The lowest BCUT2D eigenvalue weighted by Crippen LogP contribution is -2.18. The SMILES string of the molecule is Cc1cc(Nc2ccnc3c2CCC3(C)O)ccc1[CH-]CCc1c[nH]c2c(C(C)(C)O)cccc12. The number of aryl methyl sites for hydroxylation is 2. The molecule has 1 atom stereocenters. The zero-order valence-corrected chi connectivity index (χ0v) is 20.9. The molecule has 4 aromatic rings. The fraction of sp³-hybridized carbons (Fsp3) is 0.333. The smallest absolute Gasteiger partial charge is 0.104 e. The van der Waals surface area contributed by atoms with Crippen LogP contribution in [0.5, 0.6) is 0 Å². The number of nitrogens with zero attached hydrogens (tertiary/aromatic N) is 1. The largest absolute Gasteiger partial charge is 0.386 e. The fourth-order valence-electron chi connectivity index (χ4n) is 5.26. The quantitative estimate of drug-likeness (QED) is 0.244. The molecule has 1 unspecified atom stereocenters. The molecule has 182 valence electrons. The number of nitrogens with one attached hydrogen (secondary N) is 2. The van der Waals surface area contributed by atoms with Crippen molar-refractivity contribution in [2.75, 3.05) is 5.32 Å². The third-order valence-corrected chi connectivity index (χ3v) is 7.21. The number of pyridine rings is 1. The summed E-state index contributed by atoms with van der Waals surface area (Å²) < 4.78 is 0. The lowest BCUT2D eigenvalue weighted by atomic mass is 9.94. The van der Waals surface area contributed by atoms with E-state index in [2.05, 4.69) is 59.1 Å². The number of hydrogen-bond donors (Lipinski definition) is 4. The van der Waals surface area contributed by atoms with E-state index >= 15 is 0 Å². The topological polar surface area (TPSA) is 81.2 Å². The molecular formula is C30H34N3O2-. The van der Waals surface area contributed by atoms with Crippen molar-refractivity contribution in [3.8, 4) is 0 Å². The predicted molar refractivity (Wildman–Crippen MR) is 142 cm³/mol. The molecule has 35 heavy (non-hydrogen) atoms. The van der Waals surface area contributed by atoms with Crippen molar-refractivity contribution in [2.24, 2.45) is 0 Å². The molecule has 1 aliphatic rings. The summed E-state index contributed by atoms with van der Waals surface area (Å²) in [5.41, 5.74) is 7.89. The Balaban J connectivity index is 1.26. The Morgan fingerprint density at radius 1 is 1.20 bits per heavy atom. The molecule has 2 heterocycles. The van der Waals surface area contributed by atoms with Crippen molar-refractivity contribution in [3.63, 3.8) is 0 Å². The van der Waals surface area contributed by atoms with Crippen LogP contribution in [0.4, 0.5) is 11.4 Å². The Labute approximate surface area is 207 Å². The molecule has 0 spiro atoms. The van der Waals surface area contributed by atoms with Gasteiger partial charge in [0.05, 0.1) is 16.8 Å². The van der Waals surface area contributed by atoms with Gasteiger partial charge in [0, 0.05) is 40.3 Å². The van der Waals surface area contributed by atoms with Gasteiger partial charge in [-0.1, -0.05) is 43.7 Å². The molecule has 0 aliphatic heterocycles.